The van der Waals surface area contributed by atoms with Gasteiger partial charge in [-0.15, -0.1) is 0 Å². The van der Waals surface area contributed by atoms with Crippen LogP contribution in [0.2, 0.25) is 5.02 Å². The fourth-order valence-electron chi connectivity index (χ4n) is 2.28. The molecule has 3 rings (SSSR count). The highest BCUT2D eigenvalue weighted by atomic mass is 35.5. The number of nitrogens with one attached hydrogen (secondary N) is 1. The van der Waals surface area contributed by atoms with Crippen molar-refractivity contribution in [3.8, 4) is 6.07 Å². The number of nitriles is 1. The highest BCUT2D eigenvalue weighted by Crippen LogP contribution is 2.18. The number of aromatic nitrogens is 6. The molecule has 10 heteroatoms. The fourth-order valence-corrected chi connectivity index (χ4v) is 2.42. The maximum Gasteiger partial charge on any atom is 0.277 e. The summed E-state index contributed by atoms with van der Waals surface area (Å²) in [4.78, 5) is 12.2. The lowest BCUT2D eigenvalue weighted by Crippen LogP contribution is -2.16. The van der Waals surface area contributed by atoms with E-state index in [0.29, 0.717) is 17.5 Å². The van der Waals surface area contributed by atoms with E-state index < -0.39 is 0 Å². The molecule has 25 heavy (non-hydrogen) atoms. The number of hydrogen-bond acceptors (Lipinski definition) is 5. The number of nitrogens with zero attached hydrogens (tertiary/aromatic N) is 7. The van der Waals surface area contributed by atoms with E-state index in [1.165, 1.54) is 4.68 Å². The van der Waals surface area contributed by atoms with Crippen molar-refractivity contribution in [2.24, 2.45) is 0 Å². The smallest absolute Gasteiger partial charge is 0.277 e. The van der Waals surface area contributed by atoms with Gasteiger partial charge in [0.1, 0.15) is 13.2 Å². The van der Waals surface area contributed by atoms with Crippen LogP contribution in [-0.2, 0) is 13.2 Å². The summed E-state index contributed by atoms with van der Waals surface area (Å²) in [6.07, 6.45) is 3.30. The van der Waals surface area contributed by atoms with Crippen molar-refractivity contribution in [2.75, 3.05) is 5.32 Å². The van der Waals surface area contributed by atoms with Gasteiger partial charge in [-0.1, -0.05) is 11.6 Å². The normalized spacial score (nSPS) is 10.6. The van der Waals surface area contributed by atoms with Crippen LogP contribution in [0.25, 0.3) is 0 Å². The first-order valence-corrected chi connectivity index (χ1v) is 7.80. The summed E-state index contributed by atoms with van der Waals surface area (Å²) in [5.74, 6) is -0.0208. The van der Waals surface area contributed by atoms with Crippen molar-refractivity contribution < 1.29 is 4.79 Å². The second-order valence-corrected chi connectivity index (χ2v) is 5.75. The molecule has 0 aromatic carbocycles. The fraction of sp³-hybridized carbons (Fsp3) is 0.267. The SMILES string of the molecule is Cc1nn(Cn2ccc(C(=O)Nc3ccn(CC#N)n3)n2)c(C)c1Cl. The van der Waals surface area contributed by atoms with E-state index >= 15 is 0 Å². The van der Waals surface area contributed by atoms with Gasteiger partial charge in [0.15, 0.2) is 11.5 Å². The standard InChI is InChI=1S/C15H15ClN8O/c1-10-14(16)11(2)24(19-10)9-23-6-3-12(20-23)15(25)18-13-4-7-22(21-13)8-5-17/h3-4,6-7H,8-9H2,1-2H3,(H,18,21,25). The topological polar surface area (TPSA) is 106 Å². The molecule has 0 aliphatic heterocycles. The van der Waals surface area contributed by atoms with Gasteiger partial charge in [-0.05, 0) is 19.9 Å². The quantitative estimate of drug-likeness (QED) is 0.748. The zero-order valence-electron chi connectivity index (χ0n) is 13.6. The Morgan fingerprint density at radius 3 is 2.68 bits per heavy atom. The molecule has 1 amide bonds. The molecule has 0 aliphatic rings. The lowest BCUT2D eigenvalue weighted by atomic mass is 10.4. The summed E-state index contributed by atoms with van der Waals surface area (Å²) in [5, 5.41) is 24.5. The summed E-state index contributed by atoms with van der Waals surface area (Å²) >= 11 is 6.13. The molecule has 128 valence electrons. The molecule has 3 aromatic heterocycles. The molecule has 9 nitrogen and oxygen atoms in total. The van der Waals surface area contributed by atoms with E-state index in [-0.39, 0.29) is 18.1 Å². The third-order valence-corrected chi connectivity index (χ3v) is 4.11. The van der Waals surface area contributed by atoms with E-state index in [2.05, 4.69) is 20.6 Å². The molecular weight excluding hydrogens is 344 g/mol. The summed E-state index contributed by atoms with van der Waals surface area (Å²) in [5.41, 5.74) is 1.84. The van der Waals surface area contributed by atoms with E-state index in [4.69, 9.17) is 16.9 Å². The van der Waals surface area contributed by atoms with Gasteiger partial charge in [-0.3, -0.25) is 14.2 Å². The van der Waals surface area contributed by atoms with Crippen LogP contribution >= 0.6 is 11.6 Å². The third kappa shape index (κ3) is 3.54. The first kappa shape index (κ1) is 16.7. The van der Waals surface area contributed by atoms with Crippen LogP contribution in [0.5, 0.6) is 0 Å². The number of rotatable bonds is 5. The average Bonchev–Trinajstić information content (AvgIpc) is 3.27. The van der Waals surface area contributed by atoms with Crippen LogP contribution in [0.4, 0.5) is 5.82 Å². The lowest BCUT2D eigenvalue weighted by Gasteiger charge is -2.04. The zero-order chi connectivity index (χ0) is 18.0. The average molecular weight is 359 g/mol. The van der Waals surface area contributed by atoms with E-state index in [0.717, 1.165) is 11.4 Å². The summed E-state index contributed by atoms with van der Waals surface area (Å²) in [6, 6.07) is 5.19. The minimum absolute atomic E-state index is 0.121. The van der Waals surface area contributed by atoms with Crippen molar-refractivity contribution in [3.63, 3.8) is 0 Å². The number of hydrogen-bond donors (Lipinski definition) is 1. The Balaban J connectivity index is 1.68. The van der Waals surface area contributed by atoms with E-state index in [1.54, 1.807) is 33.9 Å². The van der Waals surface area contributed by atoms with Gasteiger partial charge in [-0.25, -0.2) is 4.68 Å². The van der Waals surface area contributed by atoms with Gasteiger partial charge >= 0.3 is 0 Å². The maximum absolute atomic E-state index is 12.2. The van der Waals surface area contributed by atoms with Crippen molar-refractivity contribution in [1.82, 2.24) is 29.3 Å². The van der Waals surface area contributed by atoms with Gasteiger partial charge < -0.3 is 5.32 Å². The predicted octanol–water partition coefficient (Wildman–Crippen LogP) is 1.83. The molecule has 0 spiro atoms. The Labute approximate surface area is 148 Å². The number of halogens is 1. The Bertz CT molecular complexity index is 961. The third-order valence-electron chi connectivity index (χ3n) is 3.56. The summed E-state index contributed by atoms with van der Waals surface area (Å²) in [6.45, 7) is 4.18. The largest absolute Gasteiger partial charge is 0.304 e. The van der Waals surface area contributed by atoms with Crippen molar-refractivity contribution >= 4 is 23.3 Å². The highest BCUT2D eigenvalue weighted by Gasteiger charge is 2.13. The second-order valence-electron chi connectivity index (χ2n) is 5.38. The molecule has 1 N–H and O–H groups in total. The minimum Gasteiger partial charge on any atom is -0.304 e. The molecule has 3 heterocycles. The van der Waals surface area contributed by atoms with Crippen LogP contribution in [0.15, 0.2) is 24.5 Å². The summed E-state index contributed by atoms with van der Waals surface area (Å²) in [7, 11) is 0. The number of amides is 1. The monoisotopic (exact) mass is 358 g/mol. The van der Waals surface area contributed by atoms with Gasteiger partial charge in [0, 0.05) is 18.5 Å². The van der Waals surface area contributed by atoms with E-state index in [9.17, 15) is 4.79 Å². The molecule has 3 aromatic rings. The molecule has 0 saturated carbocycles. The maximum atomic E-state index is 12.2. The predicted molar refractivity (Wildman–Crippen MR) is 90.1 cm³/mol. The lowest BCUT2D eigenvalue weighted by molar-refractivity contribution is 0.102. The Kier molecular flexibility index (Phi) is 4.54. The molecule has 0 unspecified atom stereocenters. The van der Waals surface area contributed by atoms with Crippen molar-refractivity contribution in [1.29, 1.82) is 5.26 Å². The molecule has 0 atom stereocenters. The second kappa shape index (κ2) is 6.78. The number of carbonyl (C=O) groups excluding carboxylic acids is 1. The van der Waals surface area contributed by atoms with Gasteiger partial charge in [-0.2, -0.15) is 20.6 Å². The van der Waals surface area contributed by atoms with E-state index in [1.807, 2.05) is 19.9 Å². The van der Waals surface area contributed by atoms with Crippen LogP contribution in [0.3, 0.4) is 0 Å². The van der Waals surface area contributed by atoms with Crippen molar-refractivity contribution in [2.45, 2.75) is 27.1 Å². The Morgan fingerprint density at radius 1 is 1.24 bits per heavy atom. The Morgan fingerprint density at radius 2 is 2.00 bits per heavy atom. The minimum atomic E-state index is -0.382. The zero-order valence-corrected chi connectivity index (χ0v) is 14.4. The van der Waals surface area contributed by atoms with Crippen LogP contribution in [0.1, 0.15) is 21.9 Å². The van der Waals surface area contributed by atoms with Crippen LogP contribution < -0.4 is 5.32 Å². The highest BCUT2D eigenvalue weighted by molar-refractivity contribution is 6.31. The van der Waals surface area contributed by atoms with Crippen LogP contribution in [0, 0.1) is 25.2 Å². The van der Waals surface area contributed by atoms with Gasteiger partial charge in [0.2, 0.25) is 0 Å². The molecule has 0 aliphatic carbocycles. The number of aryl methyl sites for hydroxylation is 1. The van der Waals surface area contributed by atoms with Crippen LogP contribution in [-0.4, -0.2) is 35.2 Å². The molecular formula is C15H15ClN8O. The Hall–Kier alpha value is -3.12. The molecule has 0 radical (unpaired) electrons. The summed E-state index contributed by atoms with van der Waals surface area (Å²) < 4.78 is 4.75. The van der Waals surface area contributed by atoms with Gasteiger partial charge in [0.25, 0.3) is 5.91 Å². The molecule has 0 fully saturated rings. The first-order chi connectivity index (χ1) is 12.0. The van der Waals surface area contributed by atoms with Gasteiger partial charge in [0.05, 0.1) is 22.5 Å². The molecule has 0 saturated heterocycles. The number of anilines is 1. The number of carbonyl (C=O) groups is 1. The van der Waals surface area contributed by atoms with Crippen molar-refractivity contribution in [3.05, 3.63) is 46.6 Å². The molecule has 0 bridgehead atoms. The first-order valence-electron chi connectivity index (χ1n) is 7.42.